The van der Waals surface area contributed by atoms with Crippen molar-refractivity contribution in [1.82, 2.24) is 9.97 Å². The molecule has 0 saturated carbocycles. The number of carbonyl (C=O) groups is 2. The molecule has 34 heavy (non-hydrogen) atoms. The number of thioether (sulfide) groups is 1. The minimum atomic E-state index is -0.419. The second-order valence-electron chi connectivity index (χ2n) is 7.87. The van der Waals surface area contributed by atoms with Crippen molar-refractivity contribution in [1.29, 1.82) is 0 Å². The lowest BCUT2D eigenvalue weighted by atomic mass is 10.1. The van der Waals surface area contributed by atoms with E-state index in [1.165, 1.54) is 11.8 Å². The Morgan fingerprint density at radius 1 is 0.941 bits per heavy atom. The zero-order chi connectivity index (χ0) is 23.9. The van der Waals surface area contributed by atoms with Gasteiger partial charge in [-0.1, -0.05) is 78.5 Å². The van der Waals surface area contributed by atoms with Crippen LogP contribution in [0.2, 0.25) is 0 Å². The summed E-state index contributed by atoms with van der Waals surface area (Å²) in [6, 6.07) is 26.7. The van der Waals surface area contributed by atoms with E-state index in [0.29, 0.717) is 16.4 Å². The summed E-state index contributed by atoms with van der Waals surface area (Å²) in [5, 5.41) is 3.49. The van der Waals surface area contributed by atoms with Crippen molar-refractivity contribution < 1.29 is 14.3 Å². The standard InChI is InChI=1S/C27H25N3O3S/c1-18(2)33-26(32)21-14-9-15-22(16-21)28-23(31)17-34-27-29-24(19-10-5-3-6-11-19)25(30-27)20-12-7-4-8-13-20/h3-16,18H,17H2,1-2H3,(H,28,31)(H,29,30). The fourth-order valence-corrected chi connectivity index (χ4v) is 4.05. The lowest BCUT2D eigenvalue weighted by molar-refractivity contribution is -0.113. The van der Waals surface area contributed by atoms with Crippen molar-refractivity contribution in [2.24, 2.45) is 0 Å². The molecule has 0 aliphatic rings. The van der Waals surface area contributed by atoms with Crippen molar-refractivity contribution in [3.05, 3.63) is 90.5 Å². The van der Waals surface area contributed by atoms with Crippen molar-refractivity contribution >= 4 is 29.3 Å². The number of rotatable bonds is 8. The van der Waals surface area contributed by atoms with Crippen LogP contribution in [0.5, 0.6) is 0 Å². The summed E-state index contributed by atoms with van der Waals surface area (Å²) in [4.78, 5) is 32.8. The first-order valence-corrected chi connectivity index (χ1v) is 11.9. The van der Waals surface area contributed by atoms with E-state index in [0.717, 1.165) is 22.5 Å². The van der Waals surface area contributed by atoms with Crippen molar-refractivity contribution in [2.45, 2.75) is 25.1 Å². The molecule has 3 aromatic carbocycles. The van der Waals surface area contributed by atoms with E-state index in [-0.39, 0.29) is 17.8 Å². The van der Waals surface area contributed by atoms with Gasteiger partial charge in [-0.05, 0) is 32.0 Å². The molecule has 0 radical (unpaired) electrons. The third kappa shape index (κ3) is 5.94. The van der Waals surface area contributed by atoms with Gasteiger partial charge in [-0.25, -0.2) is 9.78 Å². The molecule has 0 unspecified atom stereocenters. The summed E-state index contributed by atoms with van der Waals surface area (Å²) in [6.07, 6.45) is -0.211. The molecular formula is C27H25N3O3S. The van der Waals surface area contributed by atoms with E-state index < -0.39 is 5.97 Å². The number of nitrogens with one attached hydrogen (secondary N) is 2. The zero-order valence-corrected chi connectivity index (χ0v) is 19.8. The number of aromatic nitrogens is 2. The molecule has 1 aromatic heterocycles. The molecule has 7 heteroatoms. The van der Waals surface area contributed by atoms with E-state index >= 15 is 0 Å². The first-order chi connectivity index (χ1) is 16.5. The number of H-pyrrole nitrogens is 1. The first kappa shape index (κ1) is 23.3. The van der Waals surface area contributed by atoms with Gasteiger partial charge in [0, 0.05) is 16.8 Å². The monoisotopic (exact) mass is 471 g/mol. The number of benzene rings is 3. The van der Waals surface area contributed by atoms with Gasteiger partial charge < -0.3 is 15.0 Å². The Morgan fingerprint density at radius 3 is 2.29 bits per heavy atom. The number of anilines is 1. The number of carbonyl (C=O) groups excluding carboxylic acids is 2. The van der Waals surface area contributed by atoms with Crippen LogP contribution in [0.25, 0.3) is 22.5 Å². The second-order valence-corrected chi connectivity index (χ2v) is 8.83. The second kappa shape index (κ2) is 10.9. The molecule has 0 spiro atoms. The van der Waals surface area contributed by atoms with Gasteiger partial charge in [0.2, 0.25) is 5.91 Å². The van der Waals surface area contributed by atoms with E-state index in [2.05, 4.69) is 10.3 Å². The molecule has 172 valence electrons. The summed E-state index contributed by atoms with van der Waals surface area (Å²) < 4.78 is 5.22. The lowest BCUT2D eigenvalue weighted by Crippen LogP contribution is -2.15. The predicted molar refractivity (Wildman–Crippen MR) is 136 cm³/mol. The summed E-state index contributed by atoms with van der Waals surface area (Å²) in [5.74, 6) is -0.451. The molecule has 2 N–H and O–H groups in total. The third-order valence-corrected chi connectivity index (χ3v) is 5.73. The van der Waals surface area contributed by atoms with Gasteiger partial charge >= 0.3 is 5.97 Å². The normalized spacial score (nSPS) is 10.8. The number of nitrogens with zero attached hydrogens (tertiary/aromatic N) is 1. The number of imidazole rings is 1. The topological polar surface area (TPSA) is 84.1 Å². The van der Waals surface area contributed by atoms with Gasteiger partial charge in [0.1, 0.15) is 0 Å². The summed E-state index contributed by atoms with van der Waals surface area (Å²) >= 11 is 1.32. The number of esters is 1. The van der Waals surface area contributed by atoms with Crippen LogP contribution in [-0.2, 0) is 9.53 Å². The molecule has 4 rings (SSSR count). The summed E-state index contributed by atoms with van der Waals surface area (Å²) in [7, 11) is 0. The van der Waals surface area contributed by atoms with Gasteiger partial charge in [0.15, 0.2) is 5.16 Å². The zero-order valence-electron chi connectivity index (χ0n) is 18.9. The Kier molecular flexibility index (Phi) is 7.44. The van der Waals surface area contributed by atoms with Gasteiger partial charge in [-0.15, -0.1) is 0 Å². The maximum atomic E-state index is 12.6. The Labute approximate surface area is 202 Å². The maximum absolute atomic E-state index is 12.6. The van der Waals surface area contributed by atoms with Gasteiger partial charge in [-0.3, -0.25) is 4.79 Å². The van der Waals surface area contributed by atoms with Gasteiger partial charge in [0.25, 0.3) is 0 Å². The SMILES string of the molecule is CC(C)OC(=O)c1cccc(NC(=O)CSc2nc(-c3ccccc3)c(-c3ccccc3)[nH]2)c1. The average Bonchev–Trinajstić information content (AvgIpc) is 3.28. The van der Waals surface area contributed by atoms with Gasteiger partial charge in [-0.2, -0.15) is 0 Å². The Bertz CT molecular complexity index is 1210. The molecule has 4 aromatic rings. The Hall–Kier alpha value is -3.84. The fraction of sp³-hybridized carbons (Fsp3) is 0.148. The van der Waals surface area contributed by atoms with Gasteiger partial charge in [0.05, 0.1) is 28.8 Å². The molecular weight excluding hydrogens is 446 g/mol. The Morgan fingerprint density at radius 2 is 1.62 bits per heavy atom. The first-order valence-electron chi connectivity index (χ1n) is 10.9. The molecule has 0 aliphatic heterocycles. The van der Waals surface area contributed by atoms with Crippen molar-refractivity contribution in [2.75, 3.05) is 11.1 Å². The fourth-order valence-electron chi connectivity index (χ4n) is 3.38. The molecule has 0 aliphatic carbocycles. The van der Waals surface area contributed by atoms with E-state index in [1.54, 1.807) is 38.1 Å². The predicted octanol–water partition coefficient (Wildman–Crippen LogP) is 6.04. The minimum Gasteiger partial charge on any atom is -0.459 e. The molecule has 0 atom stereocenters. The third-order valence-electron chi connectivity index (χ3n) is 4.86. The number of amides is 1. The highest BCUT2D eigenvalue weighted by Gasteiger charge is 2.16. The summed E-state index contributed by atoms with van der Waals surface area (Å²) in [6.45, 7) is 3.59. The average molecular weight is 472 g/mol. The lowest BCUT2D eigenvalue weighted by Gasteiger charge is -2.09. The van der Waals surface area contributed by atoms with Crippen LogP contribution in [0, 0.1) is 0 Å². The minimum absolute atomic E-state index is 0.163. The molecule has 6 nitrogen and oxygen atoms in total. The van der Waals surface area contributed by atoms with Crippen LogP contribution in [-0.4, -0.2) is 33.7 Å². The molecule has 1 heterocycles. The number of ether oxygens (including phenoxy) is 1. The smallest absolute Gasteiger partial charge is 0.338 e. The van der Waals surface area contributed by atoms with E-state index in [9.17, 15) is 9.59 Å². The largest absolute Gasteiger partial charge is 0.459 e. The van der Waals surface area contributed by atoms with Crippen LogP contribution in [0.4, 0.5) is 5.69 Å². The van der Waals surface area contributed by atoms with Crippen molar-refractivity contribution in [3.63, 3.8) is 0 Å². The van der Waals surface area contributed by atoms with Crippen LogP contribution < -0.4 is 5.32 Å². The quantitative estimate of drug-likeness (QED) is 0.242. The highest BCUT2D eigenvalue weighted by Crippen LogP contribution is 2.32. The molecule has 0 fully saturated rings. The Balaban J connectivity index is 1.46. The maximum Gasteiger partial charge on any atom is 0.338 e. The van der Waals surface area contributed by atoms with E-state index in [1.807, 2.05) is 60.7 Å². The number of hydrogen-bond donors (Lipinski definition) is 2. The van der Waals surface area contributed by atoms with Crippen LogP contribution in [0.1, 0.15) is 24.2 Å². The molecule has 1 amide bonds. The highest BCUT2D eigenvalue weighted by molar-refractivity contribution is 7.99. The van der Waals surface area contributed by atoms with Crippen LogP contribution in [0.3, 0.4) is 0 Å². The van der Waals surface area contributed by atoms with Crippen molar-refractivity contribution in [3.8, 4) is 22.5 Å². The summed E-state index contributed by atoms with van der Waals surface area (Å²) in [5.41, 5.74) is 4.70. The van der Waals surface area contributed by atoms with Crippen LogP contribution >= 0.6 is 11.8 Å². The molecule has 0 bridgehead atoms. The number of hydrogen-bond acceptors (Lipinski definition) is 5. The molecule has 0 saturated heterocycles. The number of aromatic amines is 1. The highest BCUT2D eigenvalue weighted by atomic mass is 32.2. The van der Waals surface area contributed by atoms with E-state index in [4.69, 9.17) is 9.72 Å². The van der Waals surface area contributed by atoms with Crippen LogP contribution in [0.15, 0.2) is 90.1 Å².